The number of halogens is 2. The van der Waals surface area contributed by atoms with Crippen molar-refractivity contribution >= 4 is 11.6 Å². The third-order valence-electron chi connectivity index (χ3n) is 2.59. The van der Waals surface area contributed by atoms with Gasteiger partial charge in [0.2, 0.25) is 0 Å². The standard InChI is InChI=1S/C16H12ClFO2/c17-14-8-7-13(15(18)10-14)11-20-16-6-2-1-4-12(16)5-3-9-19/h1-2,4,6-8,10,19H,9,11H2. The molecule has 0 fully saturated rings. The van der Waals surface area contributed by atoms with Gasteiger partial charge in [-0.05, 0) is 24.3 Å². The van der Waals surface area contributed by atoms with Crippen LogP contribution in [0.25, 0.3) is 0 Å². The van der Waals surface area contributed by atoms with Gasteiger partial charge in [0.15, 0.2) is 0 Å². The van der Waals surface area contributed by atoms with E-state index in [-0.39, 0.29) is 13.2 Å². The fraction of sp³-hybridized carbons (Fsp3) is 0.125. The van der Waals surface area contributed by atoms with Crippen LogP contribution in [0, 0.1) is 17.7 Å². The lowest BCUT2D eigenvalue weighted by Gasteiger charge is -2.09. The lowest BCUT2D eigenvalue weighted by molar-refractivity contribution is 0.299. The number of benzene rings is 2. The van der Waals surface area contributed by atoms with Crippen molar-refractivity contribution < 1.29 is 14.2 Å². The van der Waals surface area contributed by atoms with Gasteiger partial charge in [0.25, 0.3) is 0 Å². The molecular weight excluding hydrogens is 279 g/mol. The molecule has 102 valence electrons. The van der Waals surface area contributed by atoms with Gasteiger partial charge < -0.3 is 9.84 Å². The minimum absolute atomic E-state index is 0.0841. The van der Waals surface area contributed by atoms with Crippen LogP contribution < -0.4 is 4.74 Å². The average Bonchev–Trinajstić information content (AvgIpc) is 2.45. The largest absolute Gasteiger partial charge is 0.487 e. The fourth-order valence-corrected chi connectivity index (χ4v) is 1.78. The van der Waals surface area contributed by atoms with Crippen molar-refractivity contribution in [1.29, 1.82) is 0 Å². The van der Waals surface area contributed by atoms with E-state index in [1.807, 2.05) is 6.07 Å². The van der Waals surface area contributed by atoms with Gasteiger partial charge in [-0.15, -0.1) is 0 Å². The number of aliphatic hydroxyl groups excluding tert-OH is 1. The molecule has 1 N–H and O–H groups in total. The van der Waals surface area contributed by atoms with E-state index < -0.39 is 5.82 Å². The Labute approximate surface area is 121 Å². The van der Waals surface area contributed by atoms with E-state index in [9.17, 15) is 4.39 Å². The summed E-state index contributed by atoms with van der Waals surface area (Å²) in [6, 6.07) is 11.6. The van der Waals surface area contributed by atoms with Crippen LogP contribution >= 0.6 is 11.6 Å². The normalized spacial score (nSPS) is 9.75. The molecule has 4 heteroatoms. The molecule has 0 spiro atoms. The minimum atomic E-state index is -0.406. The molecule has 0 aliphatic rings. The second kappa shape index (κ2) is 6.95. The van der Waals surface area contributed by atoms with Crippen molar-refractivity contribution in [3.63, 3.8) is 0 Å². The Morgan fingerprint density at radius 3 is 2.75 bits per heavy atom. The van der Waals surface area contributed by atoms with Crippen molar-refractivity contribution in [2.45, 2.75) is 6.61 Å². The summed E-state index contributed by atoms with van der Waals surface area (Å²) in [5.74, 6) is 5.48. The SMILES string of the molecule is OCC#Cc1ccccc1OCc1ccc(Cl)cc1F. The smallest absolute Gasteiger partial charge is 0.135 e. The monoisotopic (exact) mass is 290 g/mol. The average molecular weight is 291 g/mol. The zero-order chi connectivity index (χ0) is 14.4. The van der Waals surface area contributed by atoms with Crippen LogP contribution in [0.1, 0.15) is 11.1 Å². The highest BCUT2D eigenvalue weighted by atomic mass is 35.5. The Morgan fingerprint density at radius 2 is 2.00 bits per heavy atom. The Bertz CT molecular complexity index is 659. The van der Waals surface area contributed by atoms with Crippen molar-refractivity contribution in [2.75, 3.05) is 6.61 Å². The highest BCUT2D eigenvalue weighted by molar-refractivity contribution is 6.30. The lowest BCUT2D eigenvalue weighted by Crippen LogP contribution is -1.99. The van der Waals surface area contributed by atoms with E-state index in [4.69, 9.17) is 21.4 Å². The van der Waals surface area contributed by atoms with Crippen LogP contribution in [0.4, 0.5) is 4.39 Å². The number of rotatable bonds is 3. The van der Waals surface area contributed by atoms with Crippen molar-refractivity contribution in [2.24, 2.45) is 0 Å². The summed E-state index contributed by atoms with van der Waals surface area (Å²) in [6.07, 6.45) is 0. The molecule has 0 amide bonds. The number of hydrogen-bond donors (Lipinski definition) is 1. The maximum absolute atomic E-state index is 13.6. The summed E-state index contributed by atoms with van der Waals surface area (Å²) in [6.45, 7) is -0.138. The molecular formula is C16H12ClFO2. The zero-order valence-corrected chi connectivity index (χ0v) is 11.3. The van der Waals surface area contributed by atoms with Gasteiger partial charge in [-0.1, -0.05) is 41.6 Å². The van der Waals surface area contributed by atoms with Gasteiger partial charge in [-0.2, -0.15) is 0 Å². The summed E-state index contributed by atoms with van der Waals surface area (Å²) < 4.78 is 19.2. The van der Waals surface area contributed by atoms with E-state index in [2.05, 4.69) is 11.8 Å². The van der Waals surface area contributed by atoms with Gasteiger partial charge in [0.1, 0.15) is 24.8 Å². The second-order valence-corrected chi connectivity index (χ2v) is 4.42. The first-order valence-corrected chi connectivity index (χ1v) is 6.34. The fourth-order valence-electron chi connectivity index (χ4n) is 1.62. The first kappa shape index (κ1) is 14.4. The number of aliphatic hydroxyl groups is 1. The van der Waals surface area contributed by atoms with Gasteiger partial charge >= 0.3 is 0 Å². The van der Waals surface area contributed by atoms with Crippen LogP contribution in [0.3, 0.4) is 0 Å². The number of ether oxygens (including phenoxy) is 1. The van der Waals surface area contributed by atoms with Gasteiger partial charge in [0.05, 0.1) is 5.56 Å². The molecule has 0 aromatic heterocycles. The molecule has 2 nitrogen and oxygen atoms in total. The molecule has 0 bridgehead atoms. The maximum atomic E-state index is 13.6. The summed E-state index contributed by atoms with van der Waals surface area (Å²) in [5, 5.41) is 9.06. The Balaban J connectivity index is 2.14. The number of hydrogen-bond acceptors (Lipinski definition) is 2. The maximum Gasteiger partial charge on any atom is 0.135 e. The summed E-state index contributed by atoms with van der Waals surface area (Å²) in [5.41, 5.74) is 1.07. The first-order valence-electron chi connectivity index (χ1n) is 5.96. The third-order valence-corrected chi connectivity index (χ3v) is 2.82. The van der Waals surface area contributed by atoms with E-state index in [1.54, 1.807) is 30.3 Å². The van der Waals surface area contributed by atoms with Crippen LogP contribution in [0.2, 0.25) is 5.02 Å². The molecule has 0 saturated carbocycles. The molecule has 0 aliphatic carbocycles. The highest BCUT2D eigenvalue weighted by Gasteiger charge is 2.05. The Kier molecular flexibility index (Phi) is 5.00. The molecule has 0 saturated heterocycles. The molecule has 0 unspecified atom stereocenters. The predicted molar refractivity (Wildman–Crippen MR) is 76.1 cm³/mol. The van der Waals surface area contributed by atoms with Crippen molar-refractivity contribution in [3.8, 4) is 17.6 Å². The van der Waals surface area contributed by atoms with E-state index in [0.717, 1.165) is 0 Å². The highest BCUT2D eigenvalue weighted by Crippen LogP contribution is 2.20. The van der Waals surface area contributed by atoms with Gasteiger partial charge in [0, 0.05) is 10.6 Å². The topological polar surface area (TPSA) is 29.5 Å². The molecule has 2 aromatic rings. The van der Waals surface area contributed by atoms with Crippen LogP contribution in [-0.2, 0) is 6.61 Å². The molecule has 0 heterocycles. The molecule has 2 rings (SSSR count). The van der Waals surface area contributed by atoms with E-state index in [1.165, 1.54) is 6.07 Å². The number of para-hydroxylation sites is 1. The molecule has 0 radical (unpaired) electrons. The lowest BCUT2D eigenvalue weighted by atomic mass is 10.2. The second-order valence-electron chi connectivity index (χ2n) is 3.98. The van der Waals surface area contributed by atoms with Gasteiger partial charge in [-0.25, -0.2) is 4.39 Å². The summed E-state index contributed by atoms with van der Waals surface area (Å²) >= 11 is 5.69. The van der Waals surface area contributed by atoms with Crippen LogP contribution in [0.5, 0.6) is 5.75 Å². The Hall–Kier alpha value is -2.02. The van der Waals surface area contributed by atoms with E-state index >= 15 is 0 Å². The quantitative estimate of drug-likeness (QED) is 0.878. The minimum Gasteiger partial charge on any atom is -0.487 e. The predicted octanol–water partition coefficient (Wildman–Crippen LogP) is 3.40. The molecule has 0 atom stereocenters. The molecule has 20 heavy (non-hydrogen) atoms. The summed E-state index contributed by atoms with van der Waals surface area (Å²) in [7, 11) is 0. The molecule has 0 aliphatic heterocycles. The van der Waals surface area contributed by atoms with Gasteiger partial charge in [-0.3, -0.25) is 0 Å². The zero-order valence-electron chi connectivity index (χ0n) is 10.6. The Morgan fingerprint density at radius 1 is 1.20 bits per heavy atom. The third kappa shape index (κ3) is 3.74. The van der Waals surface area contributed by atoms with Crippen LogP contribution in [0.15, 0.2) is 42.5 Å². The van der Waals surface area contributed by atoms with Crippen molar-refractivity contribution in [1.82, 2.24) is 0 Å². The van der Waals surface area contributed by atoms with Crippen LogP contribution in [-0.4, -0.2) is 11.7 Å². The summed E-state index contributed by atoms with van der Waals surface area (Å²) in [4.78, 5) is 0. The van der Waals surface area contributed by atoms with Crippen molar-refractivity contribution in [3.05, 3.63) is 64.4 Å². The molecule has 2 aromatic carbocycles. The van der Waals surface area contributed by atoms with E-state index in [0.29, 0.717) is 21.9 Å². The first-order chi connectivity index (χ1) is 9.70.